The molecule has 0 bridgehead atoms. The predicted molar refractivity (Wildman–Crippen MR) is 72.1 cm³/mol. The normalized spacial score (nSPS) is 10.3. The third-order valence-electron chi connectivity index (χ3n) is 2.53. The first-order valence-corrected chi connectivity index (χ1v) is 6.33. The lowest BCUT2D eigenvalue weighted by molar-refractivity contribution is 0.0996. The summed E-state index contributed by atoms with van der Waals surface area (Å²) in [6.07, 6.45) is 3.32. The van der Waals surface area contributed by atoms with E-state index in [9.17, 15) is 4.79 Å². The number of aryl methyl sites for hydroxylation is 1. The molecule has 0 aliphatic heterocycles. The molecule has 0 aliphatic rings. The monoisotopic (exact) mass is 263 g/mol. The molecule has 18 heavy (non-hydrogen) atoms. The molecule has 0 atom stereocenters. The molecule has 0 aliphatic carbocycles. The number of hydrogen-bond donors (Lipinski definition) is 1. The van der Waals surface area contributed by atoms with Gasteiger partial charge in [-0.15, -0.1) is 11.6 Å². The summed E-state index contributed by atoms with van der Waals surface area (Å²) in [5.41, 5.74) is 1.93. The van der Waals surface area contributed by atoms with E-state index < -0.39 is 0 Å². The molecule has 0 spiro atoms. The van der Waals surface area contributed by atoms with Crippen LogP contribution in [0.15, 0.2) is 47.1 Å². The van der Waals surface area contributed by atoms with E-state index in [0.29, 0.717) is 11.6 Å². The van der Waals surface area contributed by atoms with E-state index >= 15 is 0 Å². The number of hydrogen-bond acceptors (Lipinski definition) is 2. The van der Waals surface area contributed by atoms with Crippen LogP contribution in [-0.2, 0) is 6.42 Å². The van der Waals surface area contributed by atoms with E-state index in [1.807, 2.05) is 24.3 Å². The van der Waals surface area contributed by atoms with E-state index in [-0.39, 0.29) is 5.91 Å². The highest BCUT2D eigenvalue weighted by Crippen LogP contribution is 2.14. The topological polar surface area (TPSA) is 42.2 Å². The van der Waals surface area contributed by atoms with Crippen LogP contribution in [0.1, 0.15) is 22.5 Å². The van der Waals surface area contributed by atoms with Crippen LogP contribution in [0.2, 0.25) is 0 Å². The van der Waals surface area contributed by atoms with E-state index in [4.69, 9.17) is 16.0 Å². The highest BCUT2D eigenvalue weighted by molar-refractivity contribution is 6.17. The molecule has 0 saturated carbocycles. The molecule has 1 amide bonds. The van der Waals surface area contributed by atoms with Gasteiger partial charge in [-0.3, -0.25) is 4.79 Å². The largest absolute Gasteiger partial charge is 0.459 e. The third kappa shape index (κ3) is 3.37. The Morgan fingerprint density at radius 1 is 1.28 bits per heavy atom. The van der Waals surface area contributed by atoms with Crippen molar-refractivity contribution < 1.29 is 9.21 Å². The minimum Gasteiger partial charge on any atom is -0.459 e. The molecule has 3 nitrogen and oxygen atoms in total. The molecule has 2 rings (SSSR count). The number of furan rings is 1. The highest BCUT2D eigenvalue weighted by Gasteiger charge is 2.08. The number of rotatable bonds is 5. The van der Waals surface area contributed by atoms with Crippen LogP contribution in [0.4, 0.5) is 5.69 Å². The van der Waals surface area contributed by atoms with Crippen LogP contribution in [-0.4, -0.2) is 11.8 Å². The number of halogens is 1. The van der Waals surface area contributed by atoms with E-state index in [2.05, 4.69) is 5.32 Å². The lowest BCUT2D eigenvalue weighted by Gasteiger charge is -2.05. The zero-order chi connectivity index (χ0) is 12.8. The van der Waals surface area contributed by atoms with Crippen molar-refractivity contribution in [1.29, 1.82) is 0 Å². The first kappa shape index (κ1) is 12.7. The van der Waals surface area contributed by atoms with Gasteiger partial charge in [-0.1, -0.05) is 12.1 Å². The summed E-state index contributed by atoms with van der Waals surface area (Å²) in [4.78, 5) is 11.8. The second-order valence-corrected chi connectivity index (χ2v) is 4.30. The Bertz CT molecular complexity index is 508. The smallest absolute Gasteiger partial charge is 0.291 e. The Morgan fingerprint density at radius 3 is 2.89 bits per heavy atom. The van der Waals surface area contributed by atoms with Gasteiger partial charge < -0.3 is 9.73 Å². The summed E-state index contributed by atoms with van der Waals surface area (Å²) in [5.74, 6) is 0.707. The zero-order valence-electron chi connectivity index (χ0n) is 9.86. The fraction of sp³-hybridized carbons (Fsp3) is 0.214. The lowest BCUT2D eigenvalue weighted by atomic mass is 10.1. The number of benzene rings is 1. The van der Waals surface area contributed by atoms with Crippen molar-refractivity contribution in [3.05, 3.63) is 54.0 Å². The first-order chi connectivity index (χ1) is 8.79. The number of alkyl halides is 1. The molecule has 1 heterocycles. The first-order valence-electron chi connectivity index (χ1n) is 5.79. The second-order valence-electron chi connectivity index (χ2n) is 3.92. The van der Waals surface area contributed by atoms with Crippen LogP contribution in [0.5, 0.6) is 0 Å². The Balaban J connectivity index is 2.03. The molecule has 0 saturated heterocycles. The van der Waals surface area contributed by atoms with Crippen molar-refractivity contribution >= 4 is 23.2 Å². The van der Waals surface area contributed by atoms with E-state index in [1.54, 1.807) is 12.1 Å². The minimum absolute atomic E-state index is 0.241. The molecule has 1 N–H and O–H groups in total. The zero-order valence-corrected chi connectivity index (χ0v) is 10.6. The molecule has 1 aromatic carbocycles. The highest BCUT2D eigenvalue weighted by atomic mass is 35.5. The molecule has 2 aromatic rings. The van der Waals surface area contributed by atoms with Crippen LogP contribution >= 0.6 is 11.6 Å². The average molecular weight is 264 g/mol. The summed E-state index contributed by atoms with van der Waals surface area (Å²) in [5, 5.41) is 2.80. The van der Waals surface area contributed by atoms with Crippen molar-refractivity contribution in [2.45, 2.75) is 12.8 Å². The van der Waals surface area contributed by atoms with Gasteiger partial charge in [0.15, 0.2) is 5.76 Å². The van der Waals surface area contributed by atoms with Gasteiger partial charge in [0, 0.05) is 11.6 Å². The molecule has 0 fully saturated rings. The van der Waals surface area contributed by atoms with Crippen molar-refractivity contribution in [1.82, 2.24) is 0 Å². The number of amides is 1. The van der Waals surface area contributed by atoms with Gasteiger partial charge in [0.05, 0.1) is 6.26 Å². The maximum atomic E-state index is 11.8. The number of carbonyl (C=O) groups is 1. The lowest BCUT2D eigenvalue weighted by Crippen LogP contribution is -2.10. The number of anilines is 1. The molecule has 94 valence electrons. The quantitative estimate of drug-likeness (QED) is 0.836. The van der Waals surface area contributed by atoms with Crippen molar-refractivity contribution in [2.75, 3.05) is 11.2 Å². The van der Waals surface area contributed by atoms with Crippen LogP contribution in [0, 0.1) is 0 Å². The van der Waals surface area contributed by atoms with Crippen molar-refractivity contribution in [3.8, 4) is 0 Å². The van der Waals surface area contributed by atoms with Gasteiger partial charge in [0.25, 0.3) is 5.91 Å². The molecular weight excluding hydrogens is 250 g/mol. The minimum atomic E-state index is -0.241. The third-order valence-corrected chi connectivity index (χ3v) is 2.80. The van der Waals surface area contributed by atoms with Gasteiger partial charge in [0.1, 0.15) is 0 Å². The van der Waals surface area contributed by atoms with E-state index in [1.165, 1.54) is 6.26 Å². The average Bonchev–Trinajstić information content (AvgIpc) is 2.91. The van der Waals surface area contributed by atoms with Gasteiger partial charge in [0.2, 0.25) is 0 Å². The van der Waals surface area contributed by atoms with E-state index in [0.717, 1.165) is 24.1 Å². The van der Waals surface area contributed by atoms with Gasteiger partial charge in [-0.25, -0.2) is 0 Å². The Labute approximate surface area is 111 Å². The van der Waals surface area contributed by atoms with Gasteiger partial charge in [-0.05, 0) is 42.7 Å². The SMILES string of the molecule is O=C(Nc1cccc(CCCCl)c1)c1ccco1. The van der Waals surface area contributed by atoms with Gasteiger partial charge >= 0.3 is 0 Å². The standard InChI is InChI=1S/C14H14ClNO2/c15-8-2-5-11-4-1-6-12(10-11)16-14(17)13-7-3-9-18-13/h1,3-4,6-7,9-10H,2,5,8H2,(H,16,17). The molecular formula is C14H14ClNO2. The Morgan fingerprint density at radius 2 is 2.17 bits per heavy atom. The van der Waals surface area contributed by atoms with Crippen molar-refractivity contribution in [3.63, 3.8) is 0 Å². The van der Waals surface area contributed by atoms with Crippen LogP contribution in [0.25, 0.3) is 0 Å². The maximum Gasteiger partial charge on any atom is 0.291 e. The molecule has 0 unspecified atom stereocenters. The number of carbonyl (C=O) groups excluding carboxylic acids is 1. The second kappa shape index (κ2) is 6.26. The molecule has 4 heteroatoms. The van der Waals surface area contributed by atoms with Crippen molar-refractivity contribution in [2.24, 2.45) is 0 Å². The van der Waals surface area contributed by atoms with Crippen LogP contribution < -0.4 is 5.32 Å². The molecule has 1 aromatic heterocycles. The Kier molecular flexibility index (Phi) is 4.42. The summed E-state index contributed by atoms with van der Waals surface area (Å²) in [6, 6.07) is 11.1. The summed E-state index contributed by atoms with van der Waals surface area (Å²) in [7, 11) is 0. The summed E-state index contributed by atoms with van der Waals surface area (Å²) in [6.45, 7) is 0. The van der Waals surface area contributed by atoms with Crippen LogP contribution in [0.3, 0.4) is 0 Å². The van der Waals surface area contributed by atoms with Gasteiger partial charge in [-0.2, -0.15) is 0 Å². The number of nitrogens with one attached hydrogen (secondary N) is 1. The molecule has 0 radical (unpaired) electrons. The predicted octanol–water partition coefficient (Wildman–Crippen LogP) is 3.70. The summed E-state index contributed by atoms with van der Waals surface area (Å²) < 4.78 is 5.03. The fourth-order valence-electron chi connectivity index (χ4n) is 1.68. The summed E-state index contributed by atoms with van der Waals surface area (Å²) >= 11 is 5.66. The Hall–Kier alpha value is -1.74. The maximum absolute atomic E-state index is 11.8. The fourth-order valence-corrected chi connectivity index (χ4v) is 1.81.